The normalized spacial score (nSPS) is 30.1. The van der Waals surface area contributed by atoms with Gasteiger partial charge in [0.2, 0.25) is 0 Å². The monoisotopic (exact) mass is 320 g/mol. The Labute approximate surface area is 136 Å². The van der Waals surface area contributed by atoms with Crippen molar-refractivity contribution in [1.82, 2.24) is 10.6 Å². The molecular weight excluding hydrogens is 296 g/mol. The molecule has 2 amide bonds. The maximum absolute atomic E-state index is 12.2. The van der Waals surface area contributed by atoms with Crippen LogP contribution in [0.1, 0.15) is 43.4 Å². The van der Waals surface area contributed by atoms with Crippen LogP contribution in [0.3, 0.4) is 0 Å². The molecule has 3 rings (SSSR count). The minimum Gasteiger partial charge on any atom is -0.390 e. The van der Waals surface area contributed by atoms with E-state index in [9.17, 15) is 9.90 Å². The fourth-order valence-corrected chi connectivity index (χ4v) is 4.72. The van der Waals surface area contributed by atoms with Crippen molar-refractivity contribution in [1.29, 1.82) is 0 Å². The summed E-state index contributed by atoms with van der Waals surface area (Å²) in [7, 11) is 0. The minimum atomic E-state index is -0.532. The number of aliphatic hydroxyl groups is 1. The van der Waals surface area contributed by atoms with Gasteiger partial charge in [-0.25, -0.2) is 4.79 Å². The molecule has 0 radical (unpaired) electrons. The number of benzene rings is 1. The number of amides is 2. The number of fused-ring (bicyclic) bond motifs is 1. The molecular formula is C17H24N2O2S. The summed E-state index contributed by atoms with van der Waals surface area (Å²) in [6.07, 6.45) is 3.36. The lowest BCUT2D eigenvalue weighted by atomic mass is 10.1. The molecule has 1 aromatic rings. The van der Waals surface area contributed by atoms with E-state index < -0.39 is 6.10 Å². The van der Waals surface area contributed by atoms with Crippen molar-refractivity contribution in [3.05, 3.63) is 35.4 Å². The maximum Gasteiger partial charge on any atom is 0.315 e. The molecule has 1 saturated carbocycles. The summed E-state index contributed by atoms with van der Waals surface area (Å²) in [5.74, 6) is 1.13. The van der Waals surface area contributed by atoms with Crippen LogP contribution in [-0.2, 0) is 6.42 Å². The third-order valence-corrected chi connectivity index (χ3v) is 5.85. The second-order valence-corrected chi connectivity index (χ2v) is 7.73. The van der Waals surface area contributed by atoms with Crippen molar-refractivity contribution in [2.45, 2.75) is 56.0 Å². The number of rotatable bonds is 4. The molecule has 3 N–H and O–H groups in total. The highest BCUT2D eigenvalue weighted by Gasteiger charge is 2.33. The van der Waals surface area contributed by atoms with Crippen LogP contribution in [0.25, 0.3) is 0 Å². The first-order chi connectivity index (χ1) is 10.7. The average molecular weight is 320 g/mol. The van der Waals surface area contributed by atoms with Crippen LogP contribution in [0.15, 0.2) is 24.3 Å². The lowest BCUT2D eigenvalue weighted by Crippen LogP contribution is -2.44. The summed E-state index contributed by atoms with van der Waals surface area (Å²) in [5, 5.41) is 16.9. The molecule has 1 aromatic carbocycles. The molecule has 0 unspecified atom stereocenters. The van der Waals surface area contributed by atoms with E-state index in [-0.39, 0.29) is 18.1 Å². The van der Waals surface area contributed by atoms with Crippen molar-refractivity contribution in [2.24, 2.45) is 0 Å². The van der Waals surface area contributed by atoms with Gasteiger partial charge >= 0.3 is 6.03 Å². The number of aliphatic hydroxyl groups excluding tert-OH is 1. The highest BCUT2D eigenvalue weighted by Crippen LogP contribution is 2.32. The van der Waals surface area contributed by atoms with E-state index in [1.165, 1.54) is 6.42 Å². The fraction of sp³-hybridized carbons (Fsp3) is 0.588. The zero-order valence-corrected chi connectivity index (χ0v) is 13.7. The van der Waals surface area contributed by atoms with Gasteiger partial charge in [-0.05, 0) is 36.1 Å². The van der Waals surface area contributed by atoms with E-state index in [1.807, 2.05) is 36.0 Å². The lowest BCUT2D eigenvalue weighted by Gasteiger charge is -2.20. The van der Waals surface area contributed by atoms with E-state index >= 15 is 0 Å². The Morgan fingerprint density at radius 1 is 1.32 bits per heavy atom. The number of urea groups is 1. The Bertz CT molecular complexity index is 537. The molecule has 0 spiro atoms. The van der Waals surface area contributed by atoms with E-state index in [4.69, 9.17) is 0 Å². The van der Waals surface area contributed by atoms with Crippen molar-refractivity contribution in [2.75, 3.05) is 5.75 Å². The Morgan fingerprint density at radius 2 is 2.14 bits per heavy atom. The van der Waals surface area contributed by atoms with Gasteiger partial charge in [0.05, 0.1) is 12.1 Å². The molecule has 0 aliphatic heterocycles. The van der Waals surface area contributed by atoms with Gasteiger partial charge in [-0.2, -0.15) is 11.8 Å². The lowest BCUT2D eigenvalue weighted by molar-refractivity contribution is 0.142. The quantitative estimate of drug-likeness (QED) is 0.799. The summed E-state index contributed by atoms with van der Waals surface area (Å²) < 4.78 is 0. The van der Waals surface area contributed by atoms with Crippen molar-refractivity contribution >= 4 is 17.8 Å². The molecule has 0 saturated heterocycles. The first kappa shape index (κ1) is 15.7. The molecule has 22 heavy (non-hydrogen) atoms. The number of carbonyl (C=O) groups excluding carboxylic acids is 1. The third kappa shape index (κ3) is 3.41. The third-order valence-electron chi connectivity index (χ3n) is 4.61. The van der Waals surface area contributed by atoms with Gasteiger partial charge in [0.25, 0.3) is 0 Å². The van der Waals surface area contributed by atoms with Gasteiger partial charge in [-0.3, -0.25) is 0 Å². The van der Waals surface area contributed by atoms with Gasteiger partial charge in [0, 0.05) is 17.7 Å². The molecule has 5 heteroatoms. The zero-order chi connectivity index (χ0) is 15.5. The molecule has 1 fully saturated rings. The Kier molecular flexibility index (Phi) is 4.93. The van der Waals surface area contributed by atoms with Crippen molar-refractivity contribution < 1.29 is 9.90 Å². The standard InChI is InChI=1S/C17H24N2O2S/c1-2-22-13-8-7-12(10-13)18-17(21)19-16-14-6-4-3-5-11(14)9-15(16)20/h3-6,12-13,15-16,20H,2,7-10H2,1H3,(H2,18,19,21)/t12-,13-,15+,16-/m0/s1. The van der Waals surface area contributed by atoms with Gasteiger partial charge in [-0.15, -0.1) is 0 Å². The molecule has 2 aliphatic rings. The largest absolute Gasteiger partial charge is 0.390 e. The number of carbonyl (C=O) groups is 1. The summed E-state index contributed by atoms with van der Waals surface area (Å²) in [6.45, 7) is 2.18. The van der Waals surface area contributed by atoms with Gasteiger partial charge in [0.15, 0.2) is 0 Å². The molecule has 0 aromatic heterocycles. The highest BCUT2D eigenvalue weighted by atomic mass is 32.2. The molecule has 2 aliphatic carbocycles. The van der Waals surface area contributed by atoms with Crippen LogP contribution in [0.2, 0.25) is 0 Å². The number of hydrogen-bond acceptors (Lipinski definition) is 3. The Hall–Kier alpha value is -1.20. The molecule has 4 nitrogen and oxygen atoms in total. The van der Waals surface area contributed by atoms with Gasteiger partial charge in [0.1, 0.15) is 0 Å². The van der Waals surface area contributed by atoms with Crippen LogP contribution < -0.4 is 10.6 Å². The summed E-state index contributed by atoms with van der Waals surface area (Å²) >= 11 is 1.98. The molecule has 120 valence electrons. The minimum absolute atomic E-state index is 0.159. The van der Waals surface area contributed by atoms with Crippen molar-refractivity contribution in [3.8, 4) is 0 Å². The van der Waals surface area contributed by atoms with Crippen LogP contribution in [-0.4, -0.2) is 34.3 Å². The zero-order valence-electron chi connectivity index (χ0n) is 12.9. The summed E-state index contributed by atoms with van der Waals surface area (Å²) in [4.78, 5) is 12.2. The van der Waals surface area contributed by atoms with Gasteiger partial charge in [-0.1, -0.05) is 31.2 Å². The second-order valence-electron chi connectivity index (χ2n) is 6.15. The van der Waals surface area contributed by atoms with Crippen molar-refractivity contribution in [3.63, 3.8) is 0 Å². The van der Waals surface area contributed by atoms with Gasteiger partial charge < -0.3 is 15.7 Å². The SMILES string of the molecule is CCS[C@H]1CC[C@H](NC(=O)N[C@H]2c3ccccc3C[C@H]2O)C1. The van der Waals surface area contributed by atoms with E-state index in [2.05, 4.69) is 17.6 Å². The number of nitrogens with one attached hydrogen (secondary N) is 2. The smallest absolute Gasteiger partial charge is 0.315 e. The first-order valence-corrected chi connectivity index (χ1v) is 9.16. The predicted molar refractivity (Wildman–Crippen MR) is 90.1 cm³/mol. The number of thioether (sulfide) groups is 1. The highest BCUT2D eigenvalue weighted by molar-refractivity contribution is 7.99. The number of hydrogen-bond donors (Lipinski definition) is 3. The molecule has 4 atom stereocenters. The van der Waals surface area contributed by atoms with Crippen LogP contribution in [0.4, 0.5) is 4.79 Å². The predicted octanol–water partition coefficient (Wildman–Crippen LogP) is 2.62. The molecule has 0 heterocycles. The summed E-state index contributed by atoms with van der Waals surface area (Å²) in [5.41, 5.74) is 2.16. The average Bonchev–Trinajstić information content (AvgIpc) is 3.05. The second kappa shape index (κ2) is 6.92. The van der Waals surface area contributed by atoms with Crippen LogP contribution in [0, 0.1) is 0 Å². The summed E-state index contributed by atoms with van der Waals surface area (Å²) in [6, 6.07) is 7.73. The van der Waals surface area contributed by atoms with Crippen LogP contribution in [0.5, 0.6) is 0 Å². The maximum atomic E-state index is 12.2. The Morgan fingerprint density at radius 3 is 2.95 bits per heavy atom. The topological polar surface area (TPSA) is 61.4 Å². The first-order valence-electron chi connectivity index (χ1n) is 8.12. The fourth-order valence-electron chi connectivity index (χ4n) is 3.57. The van der Waals surface area contributed by atoms with Crippen LogP contribution >= 0.6 is 11.8 Å². The molecule has 0 bridgehead atoms. The Balaban J connectivity index is 1.54. The van der Waals surface area contributed by atoms with E-state index in [1.54, 1.807) is 0 Å². The van der Waals surface area contributed by atoms with E-state index in [0.717, 1.165) is 29.7 Å². The van der Waals surface area contributed by atoms with E-state index in [0.29, 0.717) is 11.7 Å².